The zero-order valence-corrected chi connectivity index (χ0v) is 13.9. The van der Waals surface area contributed by atoms with E-state index >= 15 is 0 Å². The molecule has 0 unspecified atom stereocenters. The smallest absolute Gasteiger partial charge is 0.374 e. The van der Waals surface area contributed by atoms with Gasteiger partial charge < -0.3 is 20.7 Å². The van der Waals surface area contributed by atoms with Gasteiger partial charge in [-0.2, -0.15) is 23.4 Å². The molecule has 0 amide bonds. The maximum atomic E-state index is 13.2. The van der Waals surface area contributed by atoms with Gasteiger partial charge in [0, 0.05) is 25.8 Å². The summed E-state index contributed by atoms with van der Waals surface area (Å²) in [7, 11) is 0. The van der Waals surface area contributed by atoms with Crippen LogP contribution in [0.5, 0.6) is 0 Å². The molecule has 12 heteroatoms. The first kappa shape index (κ1) is 18.7. The third kappa shape index (κ3) is 4.99. The minimum atomic E-state index is -4.61. The highest BCUT2D eigenvalue weighted by Crippen LogP contribution is 2.34. The molecule has 0 radical (unpaired) electrons. The van der Waals surface area contributed by atoms with Crippen LogP contribution in [0.15, 0.2) is 18.6 Å². The molecule has 2 aromatic heterocycles. The lowest BCUT2D eigenvalue weighted by molar-refractivity contribution is -0.137. The van der Waals surface area contributed by atoms with Gasteiger partial charge in [-0.25, -0.2) is 15.0 Å². The van der Waals surface area contributed by atoms with Crippen molar-refractivity contribution in [2.75, 3.05) is 36.9 Å². The van der Waals surface area contributed by atoms with Crippen LogP contribution in [-0.4, -0.2) is 52.3 Å². The third-order valence-electron chi connectivity index (χ3n) is 3.60. The first-order valence-corrected chi connectivity index (χ1v) is 7.95. The van der Waals surface area contributed by atoms with Gasteiger partial charge in [0.2, 0.25) is 5.95 Å². The Hall–Kier alpha value is -3.04. The van der Waals surface area contributed by atoms with Gasteiger partial charge in [0.15, 0.2) is 11.5 Å². The number of nitrogens with one attached hydrogen (secondary N) is 3. The van der Waals surface area contributed by atoms with E-state index in [2.05, 4.69) is 35.9 Å². The molecule has 1 aliphatic rings. The number of halogens is 3. The van der Waals surface area contributed by atoms with E-state index in [0.29, 0.717) is 25.9 Å². The second-order valence-corrected chi connectivity index (χ2v) is 5.56. The maximum absolute atomic E-state index is 13.2. The molecule has 2 aromatic rings. The van der Waals surface area contributed by atoms with Gasteiger partial charge >= 0.3 is 6.18 Å². The van der Waals surface area contributed by atoms with E-state index in [1.807, 2.05) is 6.07 Å². The van der Waals surface area contributed by atoms with Crippen molar-refractivity contribution in [1.29, 1.82) is 5.26 Å². The highest BCUT2D eigenvalue weighted by molar-refractivity contribution is 5.53. The molecule has 1 saturated heterocycles. The molecular weight excluding hydrogens is 365 g/mol. The Morgan fingerprint density at radius 2 is 2.11 bits per heavy atom. The van der Waals surface area contributed by atoms with Crippen molar-refractivity contribution >= 4 is 17.6 Å². The van der Waals surface area contributed by atoms with Crippen molar-refractivity contribution in [3.05, 3.63) is 29.8 Å². The molecular formula is C15H15F3N8O. The lowest BCUT2D eigenvalue weighted by Crippen LogP contribution is -2.42. The van der Waals surface area contributed by atoms with E-state index in [9.17, 15) is 13.2 Å². The molecule has 0 saturated carbocycles. The zero-order valence-electron chi connectivity index (χ0n) is 13.9. The van der Waals surface area contributed by atoms with Crippen molar-refractivity contribution < 1.29 is 17.9 Å². The first-order chi connectivity index (χ1) is 13.0. The predicted octanol–water partition coefficient (Wildman–Crippen LogP) is 1.30. The standard InChI is InChI=1S/C15H15F3N8O/c16-15(17,18)11-7-24-14(25-12-8-21-9(3-19)4-22-12)26-13(11)23-6-10-5-20-1-2-27-10/h4,7-8,10,20H,1-2,5-6H2,(H2,22,23,24,25,26)/t10-/m1/s1. The number of hydrogen-bond donors (Lipinski definition) is 3. The predicted molar refractivity (Wildman–Crippen MR) is 88.2 cm³/mol. The Bertz CT molecular complexity index is 815. The molecule has 0 bridgehead atoms. The van der Waals surface area contributed by atoms with E-state index in [4.69, 9.17) is 10.00 Å². The summed E-state index contributed by atoms with van der Waals surface area (Å²) in [6, 6.07) is 1.81. The average molecular weight is 380 g/mol. The van der Waals surface area contributed by atoms with Crippen LogP contribution < -0.4 is 16.0 Å². The van der Waals surface area contributed by atoms with Gasteiger partial charge in [0.05, 0.1) is 25.1 Å². The van der Waals surface area contributed by atoms with Crippen LogP contribution in [0.2, 0.25) is 0 Å². The Kier molecular flexibility index (Phi) is 5.63. The topological polar surface area (TPSA) is 121 Å². The third-order valence-corrected chi connectivity index (χ3v) is 3.60. The molecule has 0 aliphatic carbocycles. The van der Waals surface area contributed by atoms with Gasteiger partial charge in [-0.05, 0) is 0 Å². The highest BCUT2D eigenvalue weighted by Gasteiger charge is 2.35. The molecule has 3 heterocycles. The largest absolute Gasteiger partial charge is 0.421 e. The molecule has 0 aromatic carbocycles. The zero-order chi connectivity index (χ0) is 19.3. The van der Waals surface area contributed by atoms with E-state index in [-0.39, 0.29) is 35.9 Å². The quantitative estimate of drug-likeness (QED) is 0.705. The summed E-state index contributed by atoms with van der Waals surface area (Å²) in [4.78, 5) is 15.3. The average Bonchev–Trinajstić information content (AvgIpc) is 2.67. The van der Waals surface area contributed by atoms with Gasteiger partial charge in [0.1, 0.15) is 17.5 Å². The van der Waals surface area contributed by atoms with Gasteiger partial charge in [-0.1, -0.05) is 0 Å². The highest BCUT2D eigenvalue weighted by atomic mass is 19.4. The number of nitriles is 1. The van der Waals surface area contributed by atoms with E-state index < -0.39 is 11.7 Å². The van der Waals surface area contributed by atoms with Crippen LogP contribution in [0.4, 0.5) is 30.8 Å². The molecule has 1 aliphatic heterocycles. The van der Waals surface area contributed by atoms with Gasteiger partial charge in [0.25, 0.3) is 0 Å². The van der Waals surface area contributed by atoms with Crippen molar-refractivity contribution in [3.8, 4) is 6.07 Å². The number of nitrogens with zero attached hydrogens (tertiary/aromatic N) is 5. The van der Waals surface area contributed by atoms with Crippen molar-refractivity contribution in [2.45, 2.75) is 12.3 Å². The molecule has 3 rings (SSSR count). The fourth-order valence-electron chi connectivity index (χ4n) is 2.31. The number of rotatable bonds is 5. The Labute approximate surface area is 152 Å². The molecule has 142 valence electrons. The second kappa shape index (κ2) is 8.11. The molecule has 1 atom stereocenters. The summed E-state index contributed by atoms with van der Waals surface area (Å²) in [5, 5.41) is 17.1. The fourth-order valence-corrected chi connectivity index (χ4v) is 2.31. The van der Waals surface area contributed by atoms with Crippen LogP contribution in [0, 0.1) is 11.3 Å². The van der Waals surface area contributed by atoms with E-state index in [0.717, 1.165) is 0 Å². The number of alkyl halides is 3. The van der Waals surface area contributed by atoms with Crippen LogP contribution in [0.1, 0.15) is 11.3 Å². The number of ether oxygens (including phenoxy) is 1. The summed E-state index contributed by atoms with van der Waals surface area (Å²) in [6.07, 6.45) is -1.71. The first-order valence-electron chi connectivity index (χ1n) is 7.95. The number of hydrogen-bond acceptors (Lipinski definition) is 9. The minimum absolute atomic E-state index is 0.0906. The lowest BCUT2D eigenvalue weighted by atomic mass is 10.2. The van der Waals surface area contributed by atoms with Gasteiger partial charge in [-0.15, -0.1) is 0 Å². The Balaban J connectivity index is 1.77. The number of aromatic nitrogens is 4. The summed E-state index contributed by atoms with van der Waals surface area (Å²) in [5.74, 6) is -0.262. The monoisotopic (exact) mass is 380 g/mol. The van der Waals surface area contributed by atoms with Gasteiger partial charge in [-0.3, -0.25) is 0 Å². The van der Waals surface area contributed by atoms with E-state index in [1.165, 1.54) is 12.4 Å². The minimum Gasteiger partial charge on any atom is -0.374 e. The Morgan fingerprint density at radius 1 is 1.26 bits per heavy atom. The lowest BCUT2D eigenvalue weighted by Gasteiger charge is -2.24. The Morgan fingerprint density at radius 3 is 2.74 bits per heavy atom. The van der Waals surface area contributed by atoms with Crippen LogP contribution in [0.25, 0.3) is 0 Å². The van der Waals surface area contributed by atoms with Crippen molar-refractivity contribution in [1.82, 2.24) is 25.3 Å². The summed E-state index contributed by atoms with van der Waals surface area (Å²) >= 11 is 0. The molecule has 0 spiro atoms. The summed E-state index contributed by atoms with van der Waals surface area (Å²) in [5.41, 5.74) is -0.875. The van der Waals surface area contributed by atoms with Crippen LogP contribution >= 0.6 is 0 Å². The molecule has 1 fully saturated rings. The fraction of sp³-hybridized carbons (Fsp3) is 0.400. The number of morpholine rings is 1. The molecule has 9 nitrogen and oxygen atoms in total. The maximum Gasteiger partial charge on any atom is 0.421 e. The van der Waals surface area contributed by atoms with Crippen LogP contribution in [-0.2, 0) is 10.9 Å². The van der Waals surface area contributed by atoms with Crippen molar-refractivity contribution in [2.24, 2.45) is 0 Å². The summed E-state index contributed by atoms with van der Waals surface area (Å²) in [6.45, 7) is 1.89. The molecule has 3 N–H and O–H groups in total. The normalized spacial score (nSPS) is 17.2. The van der Waals surface area contributed by atoms with E-state index in [1.54, 1.807) is 0 Å². The summed E-state index contributed by atoms with van der Waals surface area (Å²) < 4.78 is 45.1. The van der Waals surface area contributed by atoms with Crippen molar-refractivity contribution in [3.63, 3.8) is 0 Å². The number of anilines is 3. The SMILES string of the molecule is N#Cc1cnc(Nc2ncc(C(F)(F)F)c(NC[C@H]3CNCCO3)n2)cn1. The van der Waals surface area contributed by atoms with Crippen LogP contribution in [0.3, 0.4) is 0 Å². The molecule has 27 heavy (non-hydrogen) atoms. The second-order valence-electron chi connectivity index (χ2n) is 5.56.